The fourth-order valence-electron chi connectivity index (χ4n) is 1.16. The van der Waals surface area contributed by atoms with Crippen molar-refractivity contribution >= 4 is 34.9 Å². The Labute approximate surface area is 110 Å². The van der Waals surface area contributed by atoms with E-state index in [0.717, 1.165) is 0 Å². The maximum absolute atomic E-state index is 11.4. The molecular weight excluding hydrogens is 259 g/mol. The molecule has 0 unspecified atom stereocenters. The van der Waals surface area contributed by atoms with Gasteiger partial charge in [-0.1, -0.05) is 23.2 Å². The number of amides is 2. The topological polar surface area (TPSA) is 41.1 Å². The highest BCUT2D eigenvalue weighted by molar-refractivity contribution is 6.35. The Balaban J connectivity index is 2.46. The first-order chi connectivity index (χ1) is 8.11. The highest BCUT2D eigenvalue weighted by Crippen LogP contribution is 2.22. The summed E-state index contributed by atoms with van der Waals surface area (Å²) in [7, 11) is 0. The molecule has 90 valence electrons. The molecule has 0 saturated carbocycles. The molecule has 1 rings (SSSR count). The van der Waals surface area contributed by atoms with Crippen molar-refractivity contribution in [2.45, 2.75) is 13.3 Å². The number of hydrogen-bond acceptors (Lipinski definition) is 1. The lowest BCUT2D eigenvalue weighted by atomic mass is 10.3. The Morgan fingerprint density at radius 2 is 1.94 bits per heavy atom. The van der Waals surface area contributed by atoms with Crippen LogP contribution < -0.4 is 10.6 Å². The van der Waals surface area contributed by atoms with Gasteiger partial charge in [-0.15, -0.1) is 11.8 Å². The predicted molar refractivity (Wildman–Crippen MR) is 71.6 cm³/mol. The van der Waals surface area contributed by atoms with E-state index in [0.29, 0.717) is 28.7 Å². The van der Waals surface area contributed by atoms with E-state index in [1.165, 1.54) is 0 Å². The third-order valence-corrected chi connectivity index (χ3v) is 2.27. The van der Waals surface area contributed by atoms with Gasteiger partial charge in [-0.3, -0.25) is 0 Å². The number of rotatable bonds is 3. The second kappa shape index (κ2) is 7.05. The van der Waals surface area contributed by atoms with Crippen LogP contribution in [0.1, 0.15) is 13.3 Å². The molecule has 1 aromatic carbocycles. The summed E-state index contributed by atoms with van der Waals surface area (Å²) in [4.78, 5) is 11.4. The minimum Gasteiger partial charge on any atom is -0.337 e. The molecule has 2 amide bonds. The first-order valence-electron chi connectivity index (χ1n) is 5.02. The van der Waals surface area contributed by atoms with Crippen LogP contribution in [0.4, 0.5) is 10.5 Å². The van der Waals surface area contributed by atoms with E-state index >= 15 is 0 Å². The zero-order valence-corrected chi connectivity index (χ0v) is 10.8. The molecule has 0 heterocycles. The molecule has 1 aromatic rings. The van der Waals surface area contributed by atoms with Crippen molar-refractivity contribution in [3.05, 3.63) is 28.2 Å². The van der Waals surface area contributed by atoms with Gasteiger partial charge in [0.05, 0.1) is 0 Å². The van der Waals surface area contributed by atoms with Gasteiger partial charge in [-0.05, 0) is 25.1 Å². The Morgan fingerprint density at radius 3 is 2.53 bits per heavy atom. The van der Waals surface area contributed by atoms with Crippen LogP contribution in [0.3, 0.4) is 0 Å². The van der Waals surface area contributed by atoms with Gasteiger partial charge in [0.1, 0.15) is 0 Å². The Morgan fingerprint density at radius 1 is 1.29 bits per heavy atom. The number of hydrogen-bond donors (Lipinski definition) is 2. The molecule has 0 saturated heterocycles. The summed E-state index contributed by atoms with van der Waals surface area (Å²) in [5, 5.41) is 6.25. The molecule has 0 atom stereocenters. The average molecular weight is 271 g/mol. The van der Waals surface area contributed by atoms with Crippen molar-refractivity contribution in [2.75, 3.05) is 11.9 Å². The molecule has 0 aromatic heterocycles. The van der Waals surface area contributed by atoms with Gasteiger partial charge in [-0.25, -0.2) is 4.79 Å². The molecule has 0 aliphatic rings. The van der Waals surface area contributed by atoms with Gasteiger partial charge in [0.2, 0.25) is 0 Å². The fraction of sp³-hybridized carbons (Fsp3) is 0.250. The van der Waals surface area contributed by atoms with Gasteiger partial charge in [0.25, 0.3) is 0 Å². The van der Waals surface area contributed by atoms with Crippen molar-refractivity contribution in [1.82, 2.24) is 5.32 Å². The van der Waals surface area contributed by atoms with Crippen LogP contribution in [-0.2, 0) is 0 Å². The number of benzene rings is 1. The van der Waals surface area contributed by atoms with Gasteiger partial charge in [-0.2, -0.15) is 0 Å². The lowest BCUT2D eigenvalue weighted by Crippen LogP contribution is -2.29. The average Bonchev–Trinajstić information content (AvgIpc) is 2.23. The van der Waals surface area contributed by atoms with Crippen LogP contribution in [0.5, 0.6) is 0 Å². The van der Waals surface area contributed by atoms with Crippen molar-refractivity contribution in [3.8, 4) is 11.8 Å². The van der Waals surface area contributed by atoms with Crippen LogP contribution in [0.2, 0.25) is 10.0 Å². The quantitative estimate of drug-likeness (QED) is 0.640. The number of halogens is 2. The van der Waals surface area contributed by atoms with Crippen molar-refractivity contribution in [3.63, 3.8) is 0 Å². The molecular formula is C12H12Cl2N2O. The van der Waals surface area contributed by atoms with E-state index in [1.54, 1.807) is 25.1 Å². The number of anilines is 1. The molecule has 3 nitrogen and oxygen atoms in total. The lowest BCUT2D eigenvalue weighted by Gasteiger charge is -2.07. The van der Waals surface area contributed by atoms with Crippen molar-refractivity contribution in [1.29, 1.82) is 0 Å². The number of urea groups is 1. The zero-order chi connectivity index (χ0) is 12.7. The molecule has 0 radical (unpaired) electrons. The summed E-state index contributed by atoms with van der Waals surface area (Å²) in [6, 6.07) is 4.54. The van der Waals surface area contributed by atoms with Crippen molar-refractivity contribution in [2.24, 2.45) is 0 Å². The lowest BCUT2D eigenvalue weighted by molar-refractivity contribution is 0.252. The number of carbonyl (C=O) groups excluding carboxylic acids is 1. The summed E-state index contributed by atoms with van der Waals surface area (Å²) >= 11 is 11.6. The predicted octanol–water partition coefficient (Wildman–Crippen LogP) is 3.53. The minimum absolute atomic E-state index is 0.304. The van der Waals surface area contributed by atoms with E-state index in [2.05, 4.69) is 22.5 Å². The van der Waals surface area contributed by atoms with E-state index < -0.39 is 0 Å². The molecule has 0 bridgehead atoms. The normalized spacial score (nSPS) is 9.12. The fourth-order valence-corrected chi connectivity index (χ4v) is 1.69. The molecule has 2 N–H and O–H groups in total. The Kier molecular flexibility index (Phi) is 5.68. The maximum atomic E-state index is 11.4. The zero-order valence-electron chi connectivity index (χ0n) is 9.31. The van der Waals surface area contributed by atoms with Gasteiger partial charge in [0.15, 0.2) is 0 Å². The third kappa shape index (κ3) is 5.48. The summed E-state index contributed by atoms with van der Waals surface area (Å²) < 4.78 is 0. The smallest absolute Gasteiger partial charge is 0.319 e. The minimum atomic E-state index is -0.304. The standard InChI is InChI=1S/C12H12Cl2N2O/c1-2-3-4-5-15-12(17)16-11-7-9(13)6-10(14)8-11/h6-8H,4-5H2,1H3,(H2,15,16,17). The van der Waals surface area contributed by atoms with Crippen LogP contribution in [0, 0.1) is 11.8 Å². The van der Waals surface area contributed by atoms with Crippen molar-refractivity contribution < 1.29 is 4.79 Å². The molecule has 0 fully saturated rings. The summed E-state index contributed by atoms with van der Waals surface area (Å²) in [6.45, 7) is 2.26. The highest BCUT2D eigenvalue weighted by atomic mass is 35.5. The first-order valence-corrected chi connectivity index (χ1v) is 5.78. The Hall–Kier alpha value is -1.37. The van der Waals surface area contributed by atoms with Crippen LogP contribution in [0.25, 0.3) is 0 Å². The monoisotopic (exact) mass is 270 g/mol. The van der Waals surface area contributed by atoms with E-state index in [-0.39, 0.29) is 6.03 Å². The second-order valence-electron chi connectivity index (χ2n) is 3.22. The molecule has 0 aliphatic heterocycles. The molecule has 0 spiro atoms. The van der Waals surface area contributed by atoms with Crippen LogP contribution in [0.15, 0.2) is 18.2 Å². The number of carbonyl (C=O) groups is 1. The molecule has 0 aliphatic carbocycles. The second-order valence-corrected chi connectivity index (χ2v) is 4.09. The summed E-state index contributed by atoms with van der Waals surface area (Å²) in [5.41, 5.74) is 0.557. The third-order valence-electron chi connectivity index (χ3n) is 1.83. The van der Waals surface area contributed by atoms with Crippen LogP contribution >= 0.6 is 23.2 Å². The highest BCUT2D eigenvalue weighted by Gasteiger charge is 2.02. The summed E-state index contributed by atoms with van der Waals surface area (Å²) in [6.07, 6.45) is 0.625. The summed E-state index contributed by atoms with van der Waals surface area (Å²) in [5.74, 6) is 5.60. The SMILES string of the molecule is CC#CCCNC(=O)Nc1cc(Cl)cc(Cl)c1. The van der Waals surface area contributed by atoms with Gasteiger partial charge >= 0.3 is 6.03 Å². The first kappa shape index (κ1) is 13.7. The molecule has 17 heavy (non-hydrogen) atoms. The van der Waals surface area contributed by atoms with Crippen LogP contribution in [-0.4, -0.2) is 12.6 Å². The van der Waals surface area contributed by atoms with E-state index in [4.69, 9.17) is 23.2 Å². The molecule has 5 heteroatoms. The van der Waals surface area contributed by atoms with E-state index in [9.17, 15) is 4.79 Å². The Bertz CT molecular complexity index is 443. The largest absolute Gasteiger partial charge is 0.337 e. The van der Waals surface area contributed by atoms with E-state index in [1.807, 2.05) is 0 Å². The maximum Gasteiger partial charge on any atom is 0.319 e. The number of nitrogens with one attached hydrogen (secondary N) is 2. The van der Waals surface area contributed by atoms with Gasteiger partial charge < -0.3 is 10.6 Å². The van der Waals surface area contributed by atoms with Gasteiger partial charge in [0, 0.05) is 28.7 Å².